The van der Waals surface area contributed by atoms with Crippen molar-refractivity contribution in [2.45, 2.75) is 38.8 Å². The summed E-state index contributed by atoms with van der Waals surface area (Å²) in [4.78, 5) is 22.5. The molecule has 0 aliphatic carbocycles. The summed E-state index contributed by atoms with van der Waals surface area (Å²) in [6, 6.07) is 4.59. The van der Waals surface area contributed by atoms with Gasteiger partial charge in [-0.15, -0.1) is 0 Å². The van der Waals surface area contributed by atoms with E-state index in [0.29, 0.717) is 5.56 Å². The first-order chi connectivity index (χ1) is 9.17. The van der Waals surface area contributed by atoms with Crippen molar-refractivity contribution in [3.05, 3.63) is 35.6 Å². The summed E-state index contributed by atoms with van der Waals surface area (Å²) in [5, 5.41) is 11.3. The molecule has 2 N–H and O–H groups in total. The second kappa shape index (κ2) is 6.36. The predicted molar refractivity (Wildman–Crippen MR) is 70.8 cm³/mol. The molecule has 1 aromatic rings. The number of carbonyl (C=O) groups is 2. The molecule has 1 amide bonds. The number of nitrogens with one attached hydrogen (secondary N) is 1. The Balaban J connectivity index is 2.85. The number of benzene rings is 1. The lowest BCUT2D eigenvalue weighted by Crippen LogP contribution is -2.35. The van der Waals surface area contributed by atoms with Crippen molar-refractivity contribution in [1.82, 2.24) is 5.32 Å². The molecule has 1 rings (SSSR count). The first kappa shape index (κ1) is 15.9. The molecule has 20 heavy (non-hydrogen) atoms. The monoisotopic (exact) mass is 283 g/mol. The number of ether oxygens (including phenoxy) is 1. The van der Waals surface area contributed by atoms with Crippen LogP contribution in [0.4, 0.5) is 9.18 Å². The van der Waals surface area contributed by atoms with Gasteiger partial charge in [0.25, 0.3) is 0 Å². The Labute approximate surface area is 116 Å². The highest BCUT2D eigenvalue weighted by atomic mass is 19.1. The second-order valence-corrected chi connectivity index (χ2v) is 5.35. The van der Waals surface area contributed by atoms with E-state index in [4.69, 9.17) is 9.84 Å². The topological polar surface area (TPSA) is 75.6 Å². The Morgan fingerprint density at radius 2 is 2.05 bits per heavy atom. The third-order valence-corrected chi connectivity index (χ3v) is 2.32. The van der Waals surface area contributed by atoms with Crippen LogP contribution in [-0.4, -0.2) is 22.8 Å². The lowest BCUT2D eigenvalue weighted by molar-refractivity contribution is -0.137. The molecule has 0 saturated heterocycles. The minimum Gasteiger partial charge on any atom is -0.481 e. The third-order valence-electron chi connectivity index (χ3n) is 2.32. The molecule has 0 saturated carbocycles. The van der Waals surface area contributed by atoms with E-state index in [1.165, 1.54) is 18.2 Å². The molecule has 0 aliphatic rings. The Morgan fingerprint density at radius 3 is 2.55 bits per heavy atom. The van der Waals surface area contributed by atoms with Crippen LogP contribution in [0.15, 0.2) is 24.3 Å². The fourth-order valence-electron chi connectivity index (χ4n) is 1.60. The van der Waals surface area contributed by atoms with Crippen molar-refractivity contribution < 1.29 is 23.8 Å². The smallest absolute Gasteiger partial charge is 0.408 e. The minimum atomic E-state index is -1.10. The number of carboxylic acid groups (broad SMARTS) is 1. The summed E-state index contributed by atoms with van der Waals surface area (Å²) in [5.74, 6) is -1.60. The molecule has 1 unspecified atom stereocenters. The SMILES string of the molecule is CC(C)(C)OC(=O)NC(CC(=O)O)c1cccc(F)c1. The van der Waals surface area contributed by atoms with Crippen molar-refractivity contribution in [1.29, 1.82) is 0 Å². The summed E-state index contributed by atoms with van der Waals surface area (Å²) < 4.78 is 18.2. The van der Waals surface area contributed by atoms with Gasteiger partial charge in [-0.1, -0.05) is 12.1 Å². The van der Waals surface area contributed by atoms with Crippen LogP contribution in [0.2, 0.25) is 0 Å². The number of hydrogen-bond acceptors (Lipinski definition) is 3. The second-order valence-electron chi connectivity index (χ2n) is 5.35. The predicted octanol–water partition coefficient (Wildman–Crippen LogP) is 2.87. The molecule has 0 fully saturated rings. The number of aliphatic carboxylic acids is 1. The van der Waals surface area contributed by atoms with Crippen LogP contribution in [-0.2, 0) is 9.53 Å². The fourth-order valence-corrected chi connectivity index (χ4v) is 1.60. The molecule has 0 radical (unpaired) electrons. The zero-order valence-corrected chi connectivity index (χ0v) is 11.6. The zero-order chi connectivity index (χ0) is 15.3. The highest BCUT2D eigenvalue weighted by Gasteiger charge is 2.22. The van der Waals surface area contributed by atoms with Crippen molar-refractivity contribution in [2.75, 3.05) is 0 Å². The van der Waals surface area contributed by atoms with Gasteiger partial charge in [0.2, 0.25) is 0 Å². The maximum absolute atomic E-state index is 13.2. The number of carboxylic acids is 1. The Morgan fingerprint density at radius 1 is 1.40 bits per heavy atom. The van der Waals surface area contributed by atoms with E-state index in [9.17, 15) is 14.0 Å². The molecule has 1 aromatic carbocycles. The Hall–Kier alpha value is -2.11. The van der Waals surface area contributed by atoms with E-state index in [2.05, 4.69) is 5.32 Å². The summed E-state index contributed by atoms with van der Waals surface area (Å²) in [5.41, 5.74) is -0.321. The number of hydrogen-bond donors (Lipinski definition) is 2. The lowest BCUT2D eigenvalue weighted by atomic mass is 10.0. The van der Waals surface area contributed by atoms with Gasteiger partial charge in [0.05, 0.1) is 12.5 Å². The maximum Gasteiger partial charge on any atom is 0.408 e. The normalized spacial score (nSPS) is 12.6. The molecule has 1 atom stereocenters. The van der Waals surface area contributed by atoms with Gasteiger partial charge >= 0.3 is 12.1 Å². The minimum absolute atomic E-state index is 0.358. The first-order valence-corrected chi connectivity index (χ1v) is 6.14. The van der Waals surface area contributed by atoms with Crippen LogP contribution >= 0.6 is 0 Å². The number of carbonyl (C=O) groups excluding carboxylic acids is 1. The van der Waals surface area contributed by atoms with E-state index < -0.39 is 29.5 Å². The molecule has 0 bridgehead atoms. The standard InChI is InChI=1S/C14H18FNO4/c1-14(2,3)20-13(19)16-11(8-12(17)18)9-5-4-6-10(15)7-9/h4-7,11H,8H2,1-3H3,(H,16,19)(H,17,18). The van der Waals surface area contributed by atoms with Gasteiger partial charge in [-0.2, -0.15) is 0 Å². The zero-order valence-electron chi connectivity index (χ0n) is 11.6. The highest BCUT2D eigenvalue weighted by Crippen LogP contribution is 2.19. The molecule has 110 valence electrons. The molecule has 6 heteroatoms. The quantitative estimate of drug-likeness (QED) is 0.891. The summed E-state index contributed by atoms with van der Waals surface area (Å²) in [6.45, 7) is 5.09. The molecule has 0 spiro atoms. The van der Waals surface area contributed by atoms with E-state index in [1.54, 1.807) is 26.8 Å². The van der Waals surface area contributed by atoms with Crippen molar-refractivity contribution in [3.8, 4) is 0 Å². The molecule has 0 heterocycles. The van der Waals surface area contributed by atoms with Gasteiger partial charge in [0.15, 0.2) is 0 Å². The maximum atomic E-state index is 13.2. The van der Waals surface area contributed by atoms with Crippen molar-refractivity contribution >= 4 is 12.1 Å². The number of halogens is 1. The highest BCUT2D eigenvalue weighted by molar-refractivity contribution is 5.72. The third kappa shape index (κ3) is 5.69. The average molecular weight is 283 g/mol. The van der Waals surface area contributed by atoms with Gasteiger partial charge in [-0.05, 0) is 38.5 Å². The molecular weight excluding hydrogens is 265 g/mol. The molecule has 0 aliphatic heterocycles. The van der Waals surface area contributed by atoms with Crippen molar-refractivity contribution in [2.24, 2.45) is 0 Å². The first-order valence-electron chi connectivity index (χ1n) is 6.14. The molecule has 0 aromatic heterocycles. The van der Waals surface area contributed by atoms with Crippen LogP contribution in [0.1, 0.15) is 38.8 Å². The summed E-state index contributed by atoms with van der Waals surface area (Å²) >= 11 is 0. The van der Waals surface area contributed by atoms with Crippen LogP contribution in [0.5, 0.6) is 0 Å². The van der Waals surface area contributed by atoms with Gasteiger partial charge in [0, 0.05) is 0 Å². The van der Waals surface area contributed by atoms with Crippen molar-refractivity contribution in [3.63, 3.8) is 0 Å². The van der Waals surface area contributed by atoms with E-state index in [1.807, 2.05) is 0 Å². The fraction of sp³-hybridized carbons (Fsp3) is 0.429. The van der Waals surface area contributed by atoms with Crippen LogP contribution < -0.4 is 5.32 Å². The molecular formula is C14H18FNO4. The Kier molecular flexibility index (Phi) is 5.07. The van der Waals surface area contributed by atoms with E-state index in [0.717, 1.165) is 0 Å². The van der Waals surface area contributed by atoms with Crippen LogP contribution in [0.25, 0.3) is 0 Å². The lowest BCUT2D eigenvalue weighted by Gasteiger charge is -2.23. The van der Waals surface area contributed by atoms with Gasteiger partial charge < -0.3 is 15.2 Å². The molecule has 5 nitrogen and oxygen atoms in total. The van der Waals surface area contributed by atoms with Gasteiger partial charge in [0.1, 0.15) is 11.4 Å². The Bertz CT molecular complexity index is 496. The number of alkyl carbamates (subject to hydrolysis) is 1. The number of rotatable bonds is 4. The summed E-state index contributed by atoms with van der Waals surface area (Å²) in [6.07, 6.45) is -1.10. The van der Waals surface area contributed by atoms with Gasteiger partial charge in [-0.25, -0.2) is 9.18 Å². The van der Waals surface area contributed by atoms with Crippen LogP contribution in [0, 0.1) is 5.82 Å². The van der Waals surface area contributed by atoms with Gasteiger partial charge in [-0.3, -0.25) is 4.79 Å². The number of amides is 1. The average Bonchev–Trinajstić information content (AvgIpc) is 2.24. The summed E-state index contributed by atoms with van der Waals surface area (Å²) in [7, 11) is 0. The van der Waals surface area contributed by atoms with Crippen LogP contribution in [0.3, 0.4) is 0 Å². The van der Waals surface area contributed by atoms with E-state index >= 15 is 0 Å². The largest absolute Gasteiger partial charge is 0.481 e. The van der Waals surface area contributed by atoms with E-state index in [-0.39, 0.29) is 6.42 Å².